The molecule has 0 spiro atoms. The Kier molecular flexibility index (Phi) is 4.71. The molecule has 20 heavy (non-hydrogen) atoms. The van der Waals surface area contributed by atoms with E-state index in [1.807, 2.05) is 0 Å². The predicted octanol–water partition coefficient (Wildman–Crippen LogP) is 1.86. The van der Waals surface area contributed by atoms with Crippen LogP contribution in [0.2, 0.25) is 0 Å². The third-order valence-electron chi connectivity index (χ3n) is 4.78. The maximum Gasteiger partial charge on any atom is 0.0234 e. The molecule has 0 aliphatic carbocycles. The van der Waals surface area contributed by atoms with Crippen LogP contribution in [0.3, 0.4) is 0 Å². The van der Waals surface area contributed by atoms with Crippen LogP contribution in [0.25, 0.3) is 0 Å². The molecule has 0 aromatic heterocycles. The van der Waals surface area contributed by atoms with Gasteiger partial charge in [-0.3, -0.25) is 9.80 Å². The summed E-state index contributed by atoms with van der Waals surface area (Å²) in [5, 5.41) is 0. The molecule has 1 aromatic carbocycles. The van der Waals surface area contributed by atoms with Crippen molar-refractivity contribution in [3.63, 3.8) is 0 Å². The summed E-state index contributed by atoms with van der Waals surface area (Å²) in [6.45, 7) is 6.91. The number of hydrogen-bond donors (Lipinski definition) is 1. The van der Waals surface area contributed by atoms with Gasteiger partial charge in [-0.2, -0.15) is 0 Å². The summed E-state index contributed by atoms with van der Waals surface area (Å²) in [7, 11) is 0. The van der Waals surface area contributed by atoms with E-state index in [0.29, 0.717) is 0 Å². The molecule has 1 aromatic rings. The SMILES string of the molecule is NCCc1ccc(CN2CCN3CCCC[C@@H]3C2)cc1. The summed E-state index contributed by atoms with van der Waals surface area (Å²) < 4.78 is 0. The van der Waals surface area contributed by atoms with Crippen molar-refractivity contribution in [1.82, 2.24) is 9.80 Å². The Morgan fingerprint density at radius 3 is 2.60 bits per heavy atom. The number of piperazine rings is 1. The molecule has 110 valence electrons. The van der Waals surface area contributed by atoms with E-state index in [4.69, 9.17) is 5.73 Å². The zero-order valence-corrected chi connectivity index (χ0v) is 12.4. The lowest BCUT2D eigenvalue weighted by atomic mass is 9.99. The Bertz CT molecular complexity index is 415. The van der Waals surface area contributed by atoms with E-state index in [9.17, 15) is 0 Å². The molecule has 2 N–H and O–H groups in total. The average Bonchev–Trinajstić information content (AvgIpc) is 2.49. The van der Waals surface area contributed by atoms with Gasteiger partial charge in [-0.15, -0.1) is 0 Å². The first-order valence-corrected chi connectivity index (χ1v) is 8.09. The molecule has 3 heteroatoms. The molecule has 0 saturated carbocycles. The third-order valence-corrected chi connectivity index (χ3v) is 4.78. The maximum atomic E-state index is 5.60. The van der Waals surface area contributed by atoms with E-state index in [0.717, 1.165) is 25.6 Å². The quantitative estimate of drug-likeness (QED) is 0.909. The van der Waals surface area contributed by atoms with E-state index < -0.39 is 0 Å². The third kappa shape index (κ3) is 3.40. The van der Waals surface area contributed by atoms with Crippen LogP contribution in [0.1, 0.15) is 30.4 Å². The first kappa shape index (κ1) is 14.1. The van der Waals surface area contributed by atoms with Gasteiger partial charge in [0.25, 0.3) is 0 Å². The fourth-order valence-corrected chi connectivity index (χ4v) is 3.60. The summed E-state index contributed by atoms with van der Waals surface area (Å²) in [4.78, 5) is 5.33. The lowest BCUT2D eigenvalue weighted by Crippen LogP contribution is -2.54. The highest BCUT2D eigenvalue weighted by Gasteiger charge is 2.28. The monoisotopic (exact) mass is 273 g/mol. The summed E-state index contributed by atoms with van der Waals surface area (Å²) in [6, 6.07) is 9.84. The van der Waals surface area contributed by atoms with Crippen molar-refractivity contribution >= 4 is 0 Å². The van der Waals surface area contributed by atoms with Crippen molar-refractivity contribution in [3.05, 3.63) is 35.4 Å². The Morgan fingerprint density at radius 2 is 1.80 bits per heavy atom. The van der Waals surface area contributed by atoms with Gasteiger partial charge in [-0.1, -0.05) is 30.7 Å². The first-order chi connectivity index (χ1) is 9.85. The van der Waals surface area contributed by atoms with E-state index in [2.05, 4.69) is 34.1 Å². The zero-order chi connectivity index (χ0) is 13.8. The summed E-state index contributed by atoms with van der Waals surface area (Å²) in [6.07, 6.45) is 5.20. The van der Waals surface area contributed by atoms with E-state index >= 15 is 0 Å². The molecule has 3 rings (SSSR count). The van der Waals surface area contributed by atoms with Gasteiger partial charge in [0.15, 0.2) is 0 Å². The summed E-state index contributed by atoms with van der Waals surface area (Å²) in [5.74, 6) is 0. The van der Waals surface area contributed by atoms with Crippen LogP contribution in [0, 0.1) is 0 Å². The van der Waals surface area contributed by atoms with E-state index in [-0.39, 0.29) is 0 Å². The van der Waals surface area contributed by atoms with Gasteiger partial charge in [0.1, 0.15) is 0 Å². The molecule has 0 bridgehead atoms. The first-order valence-electron chi connectivity index (χ1n) is 8.09. The second kappa shape index (κ2) is 6.70. The highest BCUT2D eigenvalue weighted by Crippen LogP contribution is 2.22. The van der Waals surface area contributed by atoms with Gasteiger partial charge in [0.05, 0.1) is 0 Å². The van der Waals surface area contributed by atoms with E-state index in [1.54, 1.807) is 0 Å². The zero-order valence-electron chi connectivity index (χ0n) is 12.4. The Hall–Kier alpha value is -0.900. The maximum absolute atomic E-state index is 5.60. The normalized spacial score (nSPS) is 24.6. The van der Waals surface area contributed by atoms with Crippen molar-refractivity contribution in [2.75, 3.05) is 32.7 Å². The van der Waals surface area contributed by atoms with Gasteiger partial charge in [0, 0.05) is 32.2 Å². The Balaban J connectivity index is 1.55. The van der Waals surface area contributed by atoms with Gasteiger partial charge < -0.3 is 5.73 Å². The molecule has 1 atom stereocenters. The van der Waals surface area contributed by atoms with E-state index in [1.165, 1.54) is 56.6 Å². The Morgan fingerprint density at radius 1 is 1.00 bits per heavy atom. The van der Waals surface area contributed by atoms with Crippen molar-refractivity contribution < 1.29 is 0 Å². The number of piperidine rings is 1. The molecule has 2 saturated heterocycles. The van der Waals surface area contributed by atoms with Gasteiger partial charge >= 0.3 is 0 Å². The standard InChI is InChI=1S/C17H27N3/c18-9-8-15-4-6-16(7-5-15)13-19-11-12-20-10-2-1-3-17(20)14-19/h4-7,17H,1-3,8-14,18H2/t17-/m1/s1. The van der Waals surface area contributed by atoms with Crippen LogP contribution >= 0.6 is 0 Å². The molecule has 2 aliphatic heterocycles. The molecule has 0 radical (unpaired) electrons. The average molecular weight is 273 g/mol. The van der Waals surface area contributed by atoms with Crippen LogP contribution in [0.5, 0.6) is 0 Å². The highest BCUT2D eigenvalue weighted by atomic mass is 15.3. The molecule has 0 amide bonds. The van der Waals surface area contributed by atoms with Crippen LogP contribution < -0.4 is 5.73 Å². The number of nitrogens with zero attached hydrogens (tertiary/aromatic N) is 2. The number of fused-ring (bicyclic) bond motifs is 1. The lowest BCUT2D eigenvalue weighted by Gasteiger charge is -2.44. The highest BCUT2D eigenvalue weighted by molar-refractivity contribution is 5.22. The Labute approximate surface area is 122 Å². The number of benzene rings is 1. The van der Waals surface area contributed by atoms with Gasteiger partial charge in [-0.05, 0) is 43.5 Å². The smallest absolute Gasteiger partial charge is 0.0234 e. The van der Waals surface area contributed by atoms with Crippen LogP contribution in [0.4, 0.5) is 0 Å². The number of hydrogen-bond acceptors (Lipinski definition) is 3. The van der Waals surface area contributed by atoms with Crippen molar-refractivity contribution in [3.8, 4) is 0 Å². The second-order valence-electron chi connectivity index (χ2n) is 6.28. The minimum absolute atomic E-state index is 0.739. The van der Waals surface area contributed by atoms with Gasteiger partial charge in [-0.25, -0.2) is 0 Å². The molecule has 2 aliphatic rings. The second-order valence-corrected chi connectivity index (χ2v) is 6.28. The van der Waals surface area contributed by atoms with Crippen LogP contribution in [-0.2, 0) is 13.0 Å². The molecule has 2 heterocycles. The molecule has 3 nitrogen and oxygen atoms in total. The molecular weight excluding hydrogens is 246 g/mol. The van der Waals surface area contributed by atoms with Gasteiger partial charge in [0.2, 0.25) is 0 Å². The fourth-order valence-electron chi connectivity index (χ4n) is 3.60. The van der Waals surface area contributed by atoms with Crippen LogP contribution in [-0.4, -0.2) is 48.6 Å². The minimum atomic E-state index is 0.739. The molecular formula is C17H27N3. The van der Waals surface area contributed by atoms with Crippen molar-refractivity contribution in [1.29, 1.82) is 0 Å². The fraction of sp³-hybridized carbons (Fsp3) is 0.647. The molecule has 2 fully saturated rings. The van der Waals surface area contributed by atoms with Crippen molar-refractivity contribution in [2.24, 2.45) is 5.73 Å². The van der Waals surface area contributed by atoms with Crippen molar-refractivity contribution in [2.45, 2.75) is 38.3 Å². The van der Waals surface area contributed by atoms with Crippen LogP contribution in [0.15, 0.2) is 24.3 Å². The lowest BCUT2D eigenvalue weighted by molar-refractivity contribution is 0.0457. The summed E-state index contributed by atoms with van der Waals surface area (Å²) >= 11 is 0. The predicted molar refractivity (Wildman–Crippen MR) is 83.7 cm³/mol. The molecule has 0 unspecified atom stereocenters. The summed E-state index contributed by atoms with van der Waals surface area (Å²) in [5.41, 5.74) is 8.39. The minimum Gasteiger partial charge on any atom is -0.330 e. The topological polar surface area (TPSA) is 32.5 Å². The number of nitrogens with two attached hydrogens (primary N) is 1. The largest absolute Gasteiger partial charge is 0.330 e. The number of rotatable bonds is 4.